The number of aldehydes is 1. The van der Waals surface area contributed by atoms with Crippen molar-refractivity contribution < 1.29 is 9.59 Å². The Hall–Kier alpha value is -2.28. The van der Waals surface area contributed by atoms with Crippen LogP contribution in [0, 0.1) is 0 Å². The van der Waals surface area contributed by atoms with E-state index >= 15 is 0 Å². The highest BCUT2D eigenvalue weighted by atomic mass is 35.5. The minimum Gasteiger partial charge on any atom is -0.388 e. The number of anilines is 2. The molecule has 0 unspecified atom stereocenters. The maximum Gasteiger partial charge on any atom is 0.321 e. The Bertz CT molecular complexity index is 818. The summed E-state index contributed by atoms with van der Waals surface area (Å²) in [4.78, 5) is 23.8. The first-order valence-corrected chi connectivity index (χ1v) is 11.1. The van der Waals surface area contributed by atoms with E-state index in [1.165, 1.54) is 5.56 Å². The van der Waals surface area contributed by atoms with Crippen LogP contribution in [0.4, 0.5) is 16.2 Å². The Morgan fingerprint density at radius 2 is 1.68 bits per heavy atom. The van der Waals surface area contributed by atoms with Gasteiger partial charge in [0, 0.05) is 38.8 Å². The fraction of sp³-hybridized carbons (Fsp3) is 0.391. The van der Waals surface area contributed by atoms with E-state index in [2.05, 4.69) is 40.2 Å². The number of likely N-dealkylation sites (tertiary alicyclic amines) is 1. The first-order valence-electron chi connectivity index (χ1n) is 10.4. The van der Waals surface area contributed by atoms with Gasteiger partial charge in [-0.1, -0.05) is 41.4 Å². The number of carbonyl (C=O) groups excluding carboxylic acids is 2. The predicted octanol–water partition coefficient (Wildman–Crippen LogP) is 5.24. The standard InChI is InChI=1S/C19H21Cl2N3O.C4H9NO/c1-22-15-7-5-13(6-8-15)14-9-11-24(12-10-14)19(25)23-18-16(20)3-2-4-17(18)21;1-5-3-2-4-6/h2-8,14,22H,9-12H2,1H3,(H,23,25);4-5H,2-3H2,1H3. The van der Waals surface area contributed by atoms with Crippen molar-refractivity contribution in [2.45, 2.75) is 25.2 Å². The summed E-state index contributed by atoms with van der Waals surface area (Å²) in [5.74, 6) is 0.485. The van der Waals surface area contributed by atoms with Gasteiger partial charge in [-0.3, -0.25) is 0 Å². The summed E-state index contributed by atoms with van der Waals surface area (Å²) in [7, 11) is 3.74. The number of carbonyl (C=O) groups is 2. The number of piperidine rings is 1. The fourth-order valence-electron chi connectivity index (χ4n) is 3.34. The highest BCUT2D eigenvalue weighted by molar-refractivity contribution is 6.39. The summed E-state index contributed by atoms with van der Waals surface area (Å²) in [5.41, 5.74) is 2.91. The minimum atomic E-state index is -0.154. The van der Waals surface area contributed by atoms with Crippen LogP contribution in [-0.4, -0.2) is 50.9 Å². The Morgan fingerprint density at radius 1 is 1.06 bits per heavy atom. The second-order valence-electron chi connectivity index (χ2n) is 7.22. The van der Waals surface area contributed by atoms with Gasteiger partial charge in [-0.2, -0.15) is 0 Å². The van der Waals surface area contributed by atoms with Gasteiger partial charge in [0.2, 0.25) is 0 Å². The summed E-state index contributed by atoms with van der Waals surface area (Å²) >= 11 is 12.2. The molecule has 2 amide bonds. The first kappa shape index (κ1) is 25.0. The molecule has 3 N–H and O–H groups in total. The van der Waals surface area contributed by atoms with Crippen LogP contribution in [-0.2, 0) is 4.79 Å². The normalized spacial score (nSPS) is 13.7. The van der Waals surface area contributed by atoms with Crippen LogP contribution >= 0.6 is 23.2 Å². The maximum atomic E-state index is 12.5. The molecule has 0 spiro atoms. The summed E-state index contributed by atoms with van der Waals surface area (Å²) in [6.45, 7) is 2.22. The van der Waals surface area contributed by atoms with Gasteiger partial charge < -0.3 is 25.6 Å². The van der Waals surface area contributed by atoms with E-state index in [9.17, 15) is 9.59 Å². The van der Waals surface area contributed by atoms with Crippen molar-refractivity contribution >= 4 is 46.9 Å². The van der Waals surface area contributed by atoms with Crippen LogP contribution in [0.3, 0.4) is 0 Å². The summed E-state index contributed by atoms with van der Waals surface area (Å²) < 4.78 is 0. The van der Waals surface area contributed by atoms with E-state index in [1.807, 2.05) is 19.0 Å². The number of hydrogen-bond donors (Lipinski definition) is 3. The second-order valence-corrected chi connectivity index (χ2v) is 8.03. The average Bonchev–Trinajstić information content (AvgIpc) is 2.80. The fourth-order valence-corrected chi connectivity index (χ4v) is 3.84. The third kappa shape index (κ3) is 7.73. The number of nitrogens with one attached hydrogen (secondary N) is 3. The van der Waals surface area contributed by atoms with Crippen molar-refractivity contribution in [2.75, 3.05) is 44.4 Å². The van der Waals surface area contributed by atoms with Gasteiger partial charge >= 0.3 is 6.03 Å². The molecular weight excluding hydrogens is 435 g/mol. The molecule has 31 heavy (non-hydrogen) atoms. The topological polar surface area (TPSA) is 73.5 Å². The molecular formula is C23H30Cl2N4O2. The number of hydrogen-bond acceptors (Lipinski definition) is 4. The third-order valence-electron chi connectivity index (χ3n) is 5.16. The zero-order chi connectivity index (χ0) is 22.6. The van der Waals surface area contributed by atoms with E-state index < -0.39 is 0 Å². The lowest BCUT2D eigenvalue weighted by molar-refractivity contribution is -0.107. The second kappa shape index (κ2) is 13.2. The van der Waals surface area contributed by atoms with Crippen LogP contribution in [0.5, 0.6) is 0 Å². The van der Waals surface area contributed by atoms with Crippen molar-refractivity contribution in [1.82, 2.24) is 10.2 Å². The van der Waals surface area contributed by atoms with E-state index in [1.54, 1.807) is 18.2 Å². The summed E-state index contributed by atoms with van der Waals surface area (Å²) in [6.07, 6.45) is 3.41. The molecule has 1 aliphatic heterocycles. The molecule has 1 aliphatic rings. The largest absolute Gasteiger partial charge is 0.388 e. The molecule has 3 rings (SSSR count). The molecule has 0 atom stereocenters. The van der Waals surface area contributed by atoms with E-state index in [0.29, 0.717) is 41.2 Å². The average molecular weight is 465 g/mol. The predicted molar refractivity (Wildman–Crippen MR) is 130 cm³/mol. The number of urea groups is 1. The highest BCUT2D eigenvalue weighted by Gasteiger charge is 2.24. The molecule has 1 heterocycles. The Labute approximate surface area is 194 Å². The van der Waals surface area contributed by atoms with Gasteiger partial charge in [-0.05, 0) is 55.6 Å². The van der Waals surface area contributed by atoms with Gasteiger partial charge in [0.1, 0.15) is 6.29 Å². The van der Waals surface area contributed by atoms with Gasteiger partial charge in [0.05, 0.1) is 15.7 Å². The van der Waals surface area contributed by atoms with Gasteiger partial charge in [-0.25, -0.2) is 4.79 Å². The van der Waals surface area contributed by atoms with Crippen LogP contribution in [0.25, 0.3) is 0 Å². The smallest absolute Gasteiger partial charge is 0.321 e. The molecule has 2 aromatic rings. The van der Waals surface area contributed by atoms with Gasteiger partial charge in [-0.15, -0.1) is 0 Å². The Balaban J connectivity index is 0.000000501. The molecule has 0 radical (unpaired) electrons. The number of amides is 2. The van der Waals surface area contributed by atoms with Crippen LogP contribution < -0.4 is 16.0 Å². The lowest BCUT2D eigenvalue weighted by Crippen LogP contribution is -2.40. The van der Waals surface area contributed by atoms with Gasteiger partial charge in [0.25, 0.3) is 0 Å². The Morgan fingerprint density at radius 3 is 2.16 bits per heavy atom. The molecule has 8 heteroatoms. The van der Waals surface area contributed by atoms with Crippen molar-refractivity contribution in [3.63, 3.8) is 0 Å². The molecule has 6 nitrogen and oxygen atoms in total. The van der Waals surface area contributed by atoms with E-state index in [-0.39, 0.29) is 6.03 Å². The summed E-state index contributed by atoms with van der Waals surface area (Å²) in [5, 5.41) is 9.69. The van der Waals surface area contributed by atoms with Crippen molar-refractivity contribution in [2.24, 2.45) is 0 Å². The van der Waals surface area contributed by atoms with E-state index in [0.717, 1.165) is 31.4 Å². The quantitative estimate of drug-likeness (QED) is 0.403. The monoisotopic (exact) mass is 464 g/mol. The molecule has 1 fully saturated rings. The number of rotatable bonds is 6. The molecule has 168 valence electrons. The van der Waals surface area contributed by atoms with Crippen molar-refractivity contribution in [3.05, 3.63) is 58.1 Å². The number of halogens is 2. The highest BCUT2D eigenvalue weighted by Crippen LogP contribution is 2.32. The number of nitrogens with zero attached hydrogens (tertiary/aromatic N) is 1. The molecule has 0 aliphatic carbocycles. The molecule has 1 saturated heterocycles. The number of benzene rings is 2. The minimum absolute atomic E-state index is 0.154. The lowest BCUT2D eigenvalue weighted by atomic mass is 9.89. The lowest BCUT2D eigenvalue weighted by Gasteiger charge is -2.32. The zero-order valence-corrected chi connectivity index (χ0v) is 19.5. The molecule has 0 aromatic heterocycles. The zero-order valence-electron chi connectivity index (χ0n) is 18.0. The van der Waals surface area contributed by atoms with Gasteiger partial charge in [0.15, 0.2) is 0 Å². The van der Waals surface area contributed by atoms with Crippen molar-refractivity contribution in [3.8, 4) is 0 Å². The molecule has 0 saturated carbocycles. The van der Waals surface area contributed by atoms with E-state index in [4.69, 9.17) is 23.2 Å². The maximum absolute atomic E-state index is 12.5. The molecule has 0 bridgehead atoms. The first-order chi connectivity index (χ1) is 15.0. The SMILES string of the molecule is CNCCC=O.CNc1ccc(C2CCN(C(=O)Nc3c(Cl)cccc3Cl)CC2)cc1. The molecule has 2 aromatic carbocycles. The van der Waals surface area contributed by atoms with Crippen LogP contribution in [0.1, 0.15) is 30.7 Å². The van der Waals surface area contributed by atoms with Crippen molar-refractivity contribution in [1.29, 1.82) is 0 Å². The van der Waals surface area contributed by atoms with Crippen LogP contribution in [0.15, 0.2) is 42.5 Å². The third-order valence-corrected chi connectivity index (χ3v) is 5.79. The number of para-hydroxylation sites is 1. The summed E-state index contributed by atoms with van der Waals surface area (Å²) in [6, 6.07) is 13.5. The Kier molecular flexibility index (Phi) is 10.6. The van der Waals surface area contributed by atoms with Crippen LogP contribution in [0.2, 0.25) is 10.0 Å².